The molecule has 7 heteroatoms. The van der Waals surface area contributed by atoms with Gasteiger partial charge in [0.05, 0.1) is 0 Å². The van der Waals surface area contributed by atoms with Gasteiger partial charge in [-0.15, -0.1) is 24.0 Å². The molecule has 1 aliphatic rings. The van der Waals surface area contributed by atoms with Gasteiger partial charge in [0.25, 0.3) is 5.91 Å². The smallest absolute Gasteiger partial charge is 0.251 e. The van der Waals surface area contributed by atoms with Crippen LogP contribution in [0.4, 0.5) is 0 Å². The molecule has 28 heavy (non-hydrogen) atoms. The molecular weight excluding hydrogens is 465 g/mol. The molecule has 1 aromatic rings. The van der Waals surface area contributed by atoms with Crippen LogP contribution in [0.2, 0.25) is 0 Å². The maximum atomic E-state index is 11.8. The summed E-state index contributed by atoms with van der Waals surface area (Å²) in [6, 6.07) is 7.67. The number of guanidine groups is 1. The zero-order valence-electron chi connectivity index (χ0n) is 17.5. The summed E-state index contributed by atoms with van der Waals surface area (Å²) >= 11 is 0. The van der Waals surface area contributed by atoms with E-state index in [2.05, 4.69) is 32.8 Å². The molecule has 0 unspecified atom stereocenters. The Morgan fingerprint density at radius 3 is 2.43 bits per heavy atom. The van der Waals surface area contributed by atoms with E-state index >= 15 is 0 Å². The Bertz CT molecular complexity index is 597. The Hall–Kier alpha value is -1.35. The highest BCUT2D eigenvalue weighted by molar-refractivity contribution is 14.0. The van der Waals surface area contributed by atoms with Crippen molar-refractivity contribution >= 4 is 35.8 Å². The molecule has 0 spiro atoms. The lowest BCUT2D eigenvalue weighted by atomic mass is 9.99. The molecular formula is C21H36IN5O. The third-order valence-electron chi connectivity index (χ3n) is 5.06. The van der Waals surface area contributed by atoms with Crippen LogP contribution in [0.5, 0.6) is 0 Å². The van der Waals surface area contributed by atoms with Crippen LogP contribution < -0.4 is 16.0 Å². The van der Waals surface area contributed by atoms with Crippen LogP contribution >= 0.6 is 24.0 Å². The summed E-state index contributed by atoms with van der Waals surface area (Å²) in [5, 5.41) is 9.52. The minimum Gasteiger partial charge on any atom is -0.356 e. The number of hydrogen-bond donors (Lipinski definition) is 3. The first-order valence-electron chi connectivity index (χ1n) is 10.2. The van der Waals surface area contributed by atoms with Crippen LogP contribution in [-0.4, -0.2) is 56.5 Å². The van der Waals surface area contributed by atoms with Crippen molar-refractivity contribution in [3.8, 4) is 0 Å². The lowest BCUT2D eigenvalue weighted by Crippen LogP contribution is -2.39. The van der Waals surface area contributed by atoms with Crippen molar-refractivity contribution in [1.29, 1.82) is 0 Å². The van der Waals surface area contributed by atoms with E-state index in [1.54, 1.807) is 7.05 Å². The molecule has 3 N–H and O–H groups in total. The van der Waals surface area contributed by atoms with Gasteiger partial charge in [-0.3, -0.25) is 9.79 Å². The van der Waals surface area contributed by atoms with E-state index < -0.39 is 0 Å². The van der Waals surface area contributed by atoms with E-state index in [1.165, 1.54) is 25.9 Å². The van der Waals surface area contributed by atoms with Crippen molar-refractivity contribution in [1.82, 2.24) is 20.9 Å². The third kappa shape index (κ3) is 8.77. The van der Waals surface area contributed by atoms with Crippen molar-refractivity contribution in [3.63, 3.8) is 0 Å². The van der Waals surface area contributed by atoms with E-state index in [9.17, 15) is 4.79 Å². The summed E-state index contributed by atoms with van der Waals surface area (Å²) in [4.78, 5) is 18.6. The maximum Gasteiger partial charge on any atom is 0.251 e. The molecule has 1 saturated heterocycles. The Morgan fingerprint density at radius 2 is 1.82 bits per heavy atom. The molecule has 0 bridgehead atoms. The highest BCUT2D eigenvalue weighted by atomic mass is 127. The SMILES string of the molecule is CCNC(=O)c1ccc(CNC(=NC)NCCCN2CCC(C)CC2)cc1.I. The summed E-state index contributed by atoms with van der Waals surface area (Å²) in [6.07, 6.45) is 3.78. The molecule has 0 aromatic heterocycles. The van der Waals surface area contributed by atoms with Gasteiger partial charge in [-0.25, -0.2) is 0 Å². The summed E-state index contributed by atoms with van der Waals surface area (Å²) in [6.45, 7) is 10.1. The molecule has 158 valence electrons. The zero-order valence-corrected chi connectivity index (χ0v) is 19.8. The first-order valence-corrected chi connectivity index (χ1v) is 10.2. The fourth-order valence-electron chi connectivity index (χ4n) is 3.24. The van der Waals surface area contributed by atoms with Crippen molar-refractivity contribution in [2.24, 2.45) is 10.9 Å². The number of hydrogen-bond acceptors (Lipinski definition) is 3. The van der Waals surface area contributed by atoms with Crippen LogP contribution in [-0.2, 0) is 6.54 Å². The van der Waals surface area contributed by atoms with E-state index in [-0.39, 0.29) is 29.9 Å². The summed E-state index contributed by atoms with van der Waals surface area (Å²) < 4.78 is 0. The predicted molar refractivity (Wildman–Crippen MR) is 128 cm³/mol. The number of carbonyl (C=O) groups is 1. The van der Waals surface area contributed by atoms with Gasteiger partial charge in [-0.1, -0.05) is 19.1 Å². The van der Waals surface area contributed by atoms with Gasteiger partial charge in [-0.2, -0.15) is 0 Å². The maximum absolute atomic E-state index is 11.8. The second-order valence-corrected chi connectivity index (χ2v) is 7.29. The van der Waals surface area contributed by atoms with Gasteiger partial charge in [0.2, 0.25) is 0 Å². The summed E-state index contributed by atoms with van der Waals surface area (Å²) in [5.41, 5.74) is 1.81. The van der Waals surface area contributed by atoms with Gasteiger partial charge in [0.15, 0.2) is 5.96 Å². The Labute approximate surface area is 187 Å². The summed E-state index contributed by atoms with van der Waals surface area (Å²) in [7, 11) is 1.79. The van der Waals surface area contributed by atoms with Gasteiger partial charge >= 0.3 is 0 Å². The van der Waals surface area contributed by atoms with Crippen LogP contribution in [0, 0.1) is 5.92 Å². The van der Waals surface area contributed by atoms with Crippen LogP contribution in [0.3, 0.4) is 0 Å². The van der Waals surface area contributed by atoms with Crippen molar-refractivity contribution in [2.45, 2.75) is 39.7 Å². The Balaban J connectivity index is 0.00000392. The fraction of sp³-hybridized carbons (Fsp3) is 0.619. The molecule has 1 aliphatic heterocycles. The highest BCUT2D eigenvalue weighted by Crippen LogP contribution is 2.15. The number of likely N-dealkylation sites (tertiary alicyclic amines) is 1. The zero-order chi connectivity index (χ0) is 19.5. The second kappa shape index (κ2) is 13.8. The lowest BCUT2D eigenvalue weighted by molar-refractivity contribution is 0.0956. The van der Waals surface area contributed by atoms with E-state index in [0.29, 0.717) is 18.7 Å². The van der Waals surface area contributed by atoms with Gasteiger partial charge in [0, 0.05) is 32.2 Å². The second-order valence-electron chi connectivity index (χ2n) is 7.29. The van der Waals surface area contributed by atoms with Gasteiger partial charge in [0.1, 0.15) is 0 Å². The number of piperidine rings is 1. The molecule has 0 atom stereocenters. The molecule has 1 heterocycles. The molecule has 0 radical (unpaired) electrons. The van der Waals surface area contributed by atoms with Crippen molar-refractivity contribution in [3.05, 3.63) is 35.4 Å². The average molecular weight is 501 g/mol. The first kappa shape index (κ1) is 24.7. The third-order valence-corrected chi connectivity index (χ3v) is 5.06. The quantitative estimate of drug-likeness (QED) is 0.222. The fourth-order valence-corrected chi connectivity index (χ4v) is 3.24. The predicted octanol–water partition coefficient (Wildman–Crippen LogP) is 2.84. The Morgan fingerprint density at radius 1 is 1.14 bits per heavy atom. The topological polar surface area (TPSA) is 68.8 Å². The number of nitrogens with zero attached hydrogens (tertiary/aromatic N) is 2. The normalized spacial score (nSPS) is 15.6. The van der Waals surface area contributed by atoms with Crippen LogP contribution in [0.15, 0.2) is 29.3 Å². The van der Waals surface area contributed by atoms with Crippen LogP contribution in [0.25, 0.3) is 0 Å². The highest BCUT2D eigenvalue weighted by Gasteiger charge is 2.14. The number of rotatable bonds is 8. The molecule has 2 rings (SSSR count). The number of amides is 1. The van der Waals surface area contributed by atoms with E-state index in [4.69, 9.17) is 0 Å². The van der Waals surface area contributed by atoms with Crippen molar-refractivity contribution in [2.75, 3.05) is 39.8 Å². The number of carbonyl (C=O) groups excluding carboxylic acids is 1. The van der Waals surface area contributed by atoms with E-state index in [1.807, 2.05) is 31.2 Å². The Kier molecular flexibility index (Phi) is 12.1. The monoisotopic (exact) mass is 501 g/mol. The number of halogens is 1. The van der Waals surface area contributed by atoms with Crippen LogP contribution in [0.1, 0.15) is 49.0 Å². The lowest BCUT2D eigenvalue weighted by Gasteiger charge is -2.30. The molecule has 1 aromatic carbocycles. The summed E-state index contributed by atoms with van der Waals surface area (Å²) in [5.74, 6) is 1.67. The minimum atomic E-state index is -0.0300. The number of nitrogens with one attached hydrogen (secondary N) is 3. The van der Waals surface area contributed by atoms with Crippen molar-refractivity contribution < 1.29 is 4.79 Å². The molecule has 1 amide bonds. The molecule has 1 fully saturated rings. The molecule has 0 aliphatic carbocycles. The number of aliphatic imine (C=N–C) groups is 1. The van der Waals surface area contributed by atoms with Gasteiger partial charge < -0.3 is 20.9 Å². The van der Waals surface area contributed by atoms with E-state index in [0.717, 1.165) is 37.0 Å². The average Bonchev–Trinajstić information content (AvgIpc) is 2.69. The number of benzene rings is 1. The molecule has 0 saturated carbocycles. The molecule has 6 nitrogen and oxygen atoms in total. The minimum absolute atomic E-state index is 0. The van der Waals surface area contributed by atoms with Gasteiger partial charge in [-0.05, 0) is 69.4 Å². The standard InChI is InChI=1S/C21H35N5O.HI/c1-4-23-20(27)19-8-6-18(7-9-19)16-25-21(22-3)24-12-5-13-26-14-10-17(2)11-15-26;/h6-9,17H,4-5,10-16H2,1-3H3,(H,23,27)(H2,22,24,25);1H. The largest absolute Gasteiger partial charge is 0.356 e. The first-order chi connectivity index (χ1) is 13.1.